The fourth-order valence-corrected chi connectivity index (χ4v) is 2.15. The average molecular weight is 361 g/mol. The number of hydrogen-bond acceptors (Lipinski definition) is 3. The van der Waals surface area contributed by atoms with E-state index < -0.39 is 10.7 Å². The molecule has 104 valence electrons. The van der Waals surface area contributed by atoms with E-state index in [4.69, 9.17) is 16.3 Å². The molecule has 0 aliphatic rings. The van der Waals surface area contributed by atoms with Gasteiger partial charge in [0.2, 0.25) is 0 Å². The Morgan fingerprint density at radius 3 is 2.70 bits per heavy atom. The number of halogens is 3. The zero-order valence-corrected chi connectivity index (χ0v) is 12.3. The second-order valence-electron chi connectivity index (χ2n) is 3.86. The first kappa shape index (κ1) is 14.7. The number of rotatable bonds is 4. The first-order chi connectivity index (χ1) is 9.51. The van der Waals surface area contributed by atoms with Crippen molar-refractivity contribution in [2.24, 2.45) is 0 Å². The maximum Gasteiger partial charge on any atom is 0.274 e. The molecule has 0 amide bonds. The number of alkyl halides is 1. The van der Waals surface area contributed by atoms with E-state index in [1.807, 2.05) is 0 Å². The maximum atomic E-state index is 13.6. The highest BCUT2D eigenvalue weighted by atomic mass is 79.9. The molecule has 0 heterocycles. The monoisotopic (exact) mass is 359 g/mol. The van der Waals surface area contributed by atoms with Gasteiger partial charge in [0.05, 0.1) is 10.8 Å². The molecule has 2 aromatic rings. The van der Waals surface area contributed by atoms with E-state index in [0.29, 0.717) is 10.0 Å². The Morgan fingerprint density at radius 2 is 2.05 bits per heavy atom. The highest BCUT2D eigenvalue weighted by molar-refractivity contribution is 9.10. The molecule has 20 heavy (non-hydrogen) atoms. The van der Waals surface area contributed by atoms with Crippen molar-refractivity contribution in [1.29, 1.82) is 0 Å². The van der Waals surface area contributed by atoms with Crippen LogP contribution in [0.5, 0.6) is 11.5 Å². The van der Waals surface area contributed by atoms with E-state index in [9.17, 15) is 14.5 Å². The van der Waals surface area contributed by atoms with Gasteiger partial charge >= 0.3 is 0 Å². The van der Waals surface area contributed by atoms with Crippen LogP contribution in [0.15, 0.2) is 40.9 Å². The zero-order chi connectivity index (χ0) is 14.7. The molecule has 0 spiro atoms. The van der Waals surface area contributed by atoms with Gasteiger partial charge in [-0.1, -0.05) is 15.9 Å². The highest BCUT2D eigenvalue weighted by Crippen LogP contribution is 2.31. The second-order valence-corrected chi connectivity index (χ2v) is 5.04. The molecule has 4 nitrogen and oxygen atoms in total. The van der Waals surface area contributed by atoms with Gasteiger partial charge in [-0.25, -0.2) is 4.39 Å². The summed E-state index contributed by atoms with van der Waals surface area (Å²) in [6, 6.07) is 8.37. The molecular weight excluding hydrogens is 353 g/mol. The van der Waals surface area contributed by atoms with Crippen LogP contribution in [0.1, 0.15) is 5.56 Å². The van der Waals surface area contributed by atoms with Gasteiger partial charge in [0.25, 0.3) is 5.69 Å². The summed E-state index contributed by atoms with van der Waals surface area (Å²) in [4.78, 5) is 10.3. The summed E-state index contributed by atoms with van der Waals surface area (Å²) < 4.78 is 19.6. The van der Waals surface area contributed by atoms with Crippen LogP contribution in [0.25, 0.3) is 0 Å². The third-order valence-electron chi connectivity index (χ3n) is 2.51. The smallest absolute Gasteiger partial charge is 0.274 e. The summed E-state index contributed by atoms with van der Waals surface area (Å²) in [6.07, 6.45) is 0. The molecule has 0 radical (unpaired) electrons. The second kappa shape index (κ2) is 6.19. The molecule has 2 aromatic carbocycles. The standard InChI is InChI=1S/C13H8BrClFNO3/c14-9-1-3-11(16)13(6-9)20-10-2-4-12(17(18)19)8(5-10)7-15/h1-6H,7H2. The van der Waals surface area contributed by atoms with Crippen molar-refractivity contribution in [3.8, 4) is 11.5 Å². The zero-order valence-electron chi connectivity index (χ0n) is 9.98. The highest BCUT2D eigenvalue weighted by Gasteiger charge is 2.14. The fourth-order valence-electron chi connectivity index (χ4n) is 1.59. The lowest BCUT2D eigenvalue weighted by molar-refractivity contribution is -0.385. The molecular formula is C13H8BrClFNO3. The number of hydrogen-bond donors (Lipinski definition) is 0. The van der Waals surface area contributed by atoms with Gasteiger partial charge in [-0.3, -0.25) is 10.1 Å². The molecule has 0 atom stereocenters. The third-order valence-corrected chi connectivity index (χ3v) is 3.29. The Balaban J connectivity index is 2.34. The van der Waals surface area contributed by atoms with Crippen LogP contribution in [-0.2, 0) is 5.88 Å². The molecule has 0 bridgehead atoms. The lowest BCUT2D eigenvalue weighted by atomic mass is 10.2. The van der Waals surface area contributed by atoms with E-state index in [1.54, 1.807) is 6.07 Å². The van der Waals surface area contributed by atoms with Crippen LogP contribution in [0.4, 0.5) is 10.1 Å². The summed E-state index contributed by atoms with van der Waals surface area (Å²) in [5.41, 5.74) is 0.214. The minimum absolute atomic E-state index is 0.0220. The molecule has 0 N–H and O–H groups in total. The van der Waals surface area contributed by atoms with Crippen molar-refractivity contribution in [3.63, 3.8) is 0 Å². The minimum atomic E-state index is -0.529. The summed E-state index contributed by atoms with van der Waals surface area (Å²) in [6.45, 7) is 0. The van der Waals surface area contributed by atoms with Gasteiger partial charge in [0.15, 0.2) is 11.6 Å². The van der Waals surface area contributed by atoms with Gasteiger partial charge < -0.3 is 4.74 Å². The number of ether oxygens (including phenoxy) is 1. The Morgan fingerprint density at radius 1 is 1.30 bits per heavy atom. The Labute approximate surface area is 127 Å². The van der Waals surface area contributed by atoms with E-state index in [1.165, 1.54) is 30.3 Å². The van der Waals surface area contributed by atoms with Crippen molar-refractivity contribution >= 4 is 33.2 Å². The van der Waals surface area contributed by atoms with Gasteiger partial charge in [-0.15, -0.1) is 11.6 Å². The van der Waals surface area contributed by atoms with Gasteiger partial charge in [0, 0.05) is 16.1 Å². The summed E-state index contributed by atoms with van der Waals surface area (Å²) >= 11 is 8.88. The van der Waals surface area contributed by atoms with Crippen LogP contribution in [0.2, 0.25) is 0 Å². The quantitative estimate of drug-likeness (QED) is 0.436. The van der Waals surface area contributed by atoms with Gasteiger partial charge in [0.1, 0.15) is 5.75 Å². The van der Waals surface area contributed by atoms with E-state index in [0.717, 1.165) is 0 Å². The Bertz CT molecular complexity index is 666. The molecule has 2 rings (SSSR count). The lowest BCUT2D eigenvalue weighted by Crippen LogP contribution is -1.95. The largest absolute Gasteiger partial charge is 0.454 e. The summed E-state index contributed by atoms with van der Waals surface area (Å²) in [5.74, 6) is -0.259. The number of nitrogens with zero attached hydrogens (tertiary/aromatic N) is 1. The van der Waals surface area contributed by atoms with Crippen LogP contribution in [-0.4, -0.2) is 4.92 Å². The van der Waals surface area contributed by atoms with Crippen molar-refractivity contribution < 1.29 is 14.1 Å². The lowest BCUT2D eigenvalue weighted by Gasteiger charge is -2.08. The molecule has 0 aromatic heterocycles. The third kappa shape index (κ3) is 3.26. The normalized spacial score (nSPS) is 10.3. The van der Waals surface area contributed by atoms with Crippen molar-refractivity contribution in [3.05, 3.63) is 62.4 Å². The molecule has 0 saturated heterocycles. The first-order valence-electron chi connectivity index (χ1n) is 5.47. The number of benzene rings is 2. The molecule has 7 heteroatoms. The summed E-state index contributed by atoms with van der Waals surface area (Å²) in [7, 11) is 0. The molecule has 0 saturated carbocycles. The van der Waals surface area contributed by atoms with Crippen molar-refractivity contribution in [2.75, 3.05) is 0 Å². The average Bonchev–Trinajstić information content (AvgIpc) is 2.42. The maximum absolute atomic E-state index is 13.6. The molecule has 0 unspecified atom stereocenters. The van der Waals surface area contributed by atoms with Crippen LogP contribution in [0.3, 0.4) is 0 Å². The van der Waals surface area contributed by atoms with Crippen LogP contribution in [0, 0.1) is 15.9 Å². The Hall–Kier alpha value is -1.66. The number of nitro groups is 1. The van der Waals surface area contributed by atoms with Crippen LogP contribution >= 0.6 is 27.5 Å². The predicted octanol–water partition coefficient (Wildman–Crippen LogP) is 5.03. The number of nitro benzene ring substituents is 1. The van der Waals surface area contributed by atoms with Gasteiger partial charge in [-0.05, 0) is 30.3 Å². The first-order valence-corrected chi connectivity index (χ1v) is 6.80. The van der Waals surface area contributed by atoms with E-state index >= 15 is 0 Å². The topological polar surface area (TPSA) is 52.4 Å². The molecule has 0 aliphatic carbocycles. The van der Waals surface area contributed by atoms with Gasteiger partial charge in [-0.2, -0.15) is 0 Å². The Kier molecular flexibility index (Phi) is 4.57. The van der Waals surface area contributed by atoms with Crippen molar-refractivity contribution in [2.45, 2.75) is 5.88 Å². The van der Waals surface area contributed by atoms with E-state index in [-0.39, 0.29) is 23.1 Å². The summed E-state index contributed by atoms with van der Waals surface area (Å²) in [5, 5.41) is 10.8. The SMILES string of the molecule is O=[N+]([O-])c1ccc(Oc2cc(Br)ccc2F)cc1CCl. The molecule has 0 aliphatic heterocycles. The minimum Gasteiger partial charge on any atom is -0.454 e. The van der Waals surface area contributed by atoms with Crippen molar-refractivity contribution in [1.82, 2.24) is 0 Å². The van der Waals surface area contributed by atoms with E-state index in [2.05, 4.69) is 15.9 Å². The predicted molar refractivity (Wildman–Crippen MR) is 76.8 cm³/mol. The van der Waals surface area contributed by atoms with Crippen LogP contribution < -0.4 is 4.74 Å². The fraction of sp³-hybridized carbons (Fsp3) is 0.0769. The molecule has 0 fully saturated rings.